The third-order valence-corrected chi connectivity index (χ3v) is 13.2. The van der Waals surface area contributed by atoms with Crippen LogP contribution in [0.1, 0.15) is 130 Å². The van der Waals surface area contributed by atoms with Crippen molar-refractivity contribution in [2.45, 2.75) is 158 Å². The molecule has 10 atom stereocenters. The summed E-state index contributed by atoms with van der Waals surface area (Å²) in [6.07, 6.45) is -0.383. The van der Waals surface area contributed by atoms with Crippen LogP contribution in [0, 0.1) is 11.8 Å². The Kier molecular flexibility index (Phi) is 25.4. The molecule has 71 heavy (non-hydrogen) atoms. The highest BCUT2D eigenvalue weighted by Gasteiger charge is 2.48. The average Bonchev–Trinajstić information content (AvgIpc) is 3.31. The second-order valence-electron chi connectivity index (χ2n) is 17.4. The number of halogens is 3. The molecule has 2 heterocycles. The highest BCUT2D eigenvalue weighted by Crippen LogP contribution is 2.41. The van der Waals surface area contributed by atoms with Crippen molar-refractivity contribution in [3.63, 3.8) is 0 Å². The number of carbonyl (C=O) groups excluding carboxylic acids is 4. The van der Waals surface area contributed by atoms with Gasteiger partial charge in [0.1, 0.15) is 29.8 Å². The largest absolute Gasteiger partial charge is 0.494 e. The predicted octanol–water partition coefficient (Wildman–Crippen LogP) is 13.1. The van der Waals surface area contributed by atoms with Crippen molar-refractivity contribution < 1.29 is 57.1 Å². The maximum Gasteiger partial charge on any atom is 0.303 e. The first-order valence-corrected chi connectivity index (χ1v) is 25.5. The summed E-state index contributed by atoms with van der Waals surface area (Å²) in [5.74, 6) is -0.0469. The first-order valence-electron chi connectivity index (χ1n) is 23.9. The van der Waals surface area contributed by atoms with E-state index < -0.39 is 48.4 Å². The number of benzene rings is 4. The van der Waals surface area contributed by atoms with Crippen molar-refractivity contribution in [2.24, 2.45) is 11.8 Å². The first-order chi connectivity index (χ1) is 33.3. The second-order valence-corrected chi connectivity index (χ2v) is 19.1. The molecular formula is C56H73BrCl2O12. The quantitative estimate of drug-likeness (QED) is 0.0826. The summed E-state index contributed by atoms with van der Waals surface area (Å²) >= 11 is 16.2. The number of hydrogen-bond donors (Lipinski definition) is 0. The summed E-state index contributed by atoms with van der Waals surface area (Å²) in [6.45, 7) is 20.4. The standard InChI is InChI=1S/C27H33ClO6.C15H14BrClO.C13H22O5.CH4/c1-6-24-16(3)25(32-17(4)29)27(33-18(5)30)26(34-24)20-10-13-23(28)21(15-20)14-19-8-11-22(12-9-19)31-7-2;1-2-18-14-6-3-11(4-7-14)9-12-10-13(16)5-8-15(12)17;1-6-11-7(2)12(17-9(4)14)13(8(3)16-11)18-10(5)15;/h8-13,15-16,24-27H,6-7,14H2,1-5H3;3-8,10H,2,9H2,1H3;7-8,11-13H,6H2,1-5H3;1H4/t16-,24-,25+,26+,27-;;7-,8-,11-,12+,13+;/m1.1./s1. The third kappa shape index (κ3) is 18.4. The second kappa shape index (κ2) is 29.8. The fraction of sp³-hybridized carbons (Fsp3) is 0.500. The number of ether oxygens (including phenoxy) is 8. The average molecular weight is 1090 g/mol. The zero-order chi connectivity index (χ0) is 51.7. The molecule has 0 aromatic heterocycles. The van der Waals surface area contributed by atoms with E-state index >= 15 is 0 Å². The van der Waals surface area contributed by atoms with Gasteiger partial charge in [-0.05, 0) is 123 Å². The van der Waals surface area contributed by atoms with Crippen LogP contribution < -0.4 is 9.47 Å². The summed E-state index contributed by atoms with van der Waals surface area (Å²) < 4.78 is 46.1. The predicted molar refractivity (Wildman–Crippen MR) is 281 cm³/mol. The van der Waals surface area contributed by atoms with Gasteiger partial charge in [0, 0.05) is 54.0 Å². The molecule has 0 spiro atoms. The molecule has 0 unspecified atom stereocenters. The van der Waals surface area contributed by atoms with Crippen molar-refractivity contribution in [3.05, 3.63) is 127 Å². The lowest BCUT2D eigenvalue weighted by Gasteiger charge is -2.44. The number of carbonyl (C=O) groups is 4. The maximum atomic E-state index is 12.0. The van der Waals surface area contributed by atoms with E-state index in [0.29, 0.717) is 24.7 Å². The monoisotopic (exact) mass is 1090 g/mol. The number of rotatable bonds is 15. The van der Waals surface area contributed by atoms with Crippen molar-refractivity contribution in [2.75, 3.05) is 13.2 Å². The minimum absolute atomic E-state index is 0. The van der Waals surface area contributed by atoms with E-state index in [4.69, 9.17) is 61.1 Å². The van der Waals surface area contributed by atoms with Crippen LogP contribution in [-0.2, 0) is 60.4 Å². The SMILES string of the molecule is C.CCOc1ccc(Cc2cc(Br)ccc2Cl)cc1.CCOc1ccc(Cc2cc([C@@H]3O[C@H](CC)[C@@H](C)[C@H](OC(C)=O)[C@H]3OC(C)=O)ccc2Cl)cc1.CC[C@H]1O[C@H](C)[C@H](OC(C)=O)[C@@H](OC(C)=O)[C@@H]1C. The molecule has 4 aromatic carbocycles. The Morgan fingerprint density at radius 1 is 0.535 bits per heavy atom. The summed E-state index contributed by atoms with van der Waals surface area (Å²) in [5, 5.41) is 1.43. The van der Waals surface area contributed by atoms with Gasteiger partial charge in [-0.15, -0.1) is 0 Å². The van der Waals surface area contributed by atoms with Crippen LogP contribution >= 0.6 is 39.1 Å². The Balaban J connectivity index is 0.000000305. The third-order valence-electron chi connectivity index (χ3n) is 12.0. The molecule has 15 heteroatoms. The van der Waals surface area contributed by atoms with Crippen LogP contribution in [0.3, 0.4) is 0 Å². The molecule has 0 N–H and O–H groups in total. The lowest BCUT2D eigenvalue weighted by Crippen LogP contribution is -2.55. The zero-order valence-corrected chi connectivity index (χ0v) is 45.2. The van der Waals surface area contributed by atoms with E-state index in [1.807, 2.05) is 115 Å². The smallest absolute Gasteiger partial charge is 0.303 e. The molecule has 0 radical (unpaired) electrons. The normalized spacial score (nSPS) is 23.4. The summed E-state index contributed by atoms with van der Waals surface area (Å²) in [4.78, 5) is 46.1. The van der Waals surface area contributed by atoms with Crippen LogP contribution in [0.5, 0.6) is 11.5 Å². The van der Waals surface area contributed by atoms with Gasteiger partial charge in [0.25, 0.3) is 0 Å². The topological polar surface area (TPSA) is 142 Å². The van der Waals surface area contributed by atoms with Crippen molar-refractivity contribution in [1.82, 2.24) is 0 Å². The lowest BCUT2D eigenvalue weighted by molar-refractivity contribution is -0.225. The van der Waals surface area contributed by atoms with Gasteiger partial charge in [0.2, 0.25) is 0 Å². The highest BCUT2D eigenvalue weighted by atomic mass is 79.9. The van der Waals surface area contributed by atoms with Gasteiger partial charge in [0.15, 0.2) is 12.2 Å². The highest BCUT2D eigenvalue weighted by molar-refractivity contribution is 9.10. The first kappa shape index (κ1) is 60.6. The maximum absolute atomic E-state index is 12.0. The van der Waals surface area contributed by atoms with Gasteiger partial charge in [-0.3, -0.25) is 19.2 Å². The van der Waals surface area contributed by atoms with Gasteiger partial charge in [-0.25, -0.2) is 0 Å². The summed E-state index contributed by atoms with van der Waals surface area (Å²) in [5.41, 5.74) is 5.17. The van der Waals surface area contributed by atoms with Gasteiger partial charge in [0.05, 0.1) is 31.5 Å². The number of esters is 4. The Bertz CT molecular complexity index is 2310. The van der Waals surface area contributed by atoms with Gasteiger partial charge in [-0.1, -0.05) is 111 Å². The van der Waals surface area contributed by atoms with Crippen molar-refractivity contribution in [1.29, 1.82) is 0 Å². The van der Waals surface area contributed by atoms with Crippen molar-refractivity contribution in [3.8, 4) is 11.5 Å². The fourth-order valence-electron chi connectivity index (χ4n) is 8.71. The van der Waals surface area contributed by atoms with Gasteiger partial charge in [-0.2, -0.15) is 0 Å². The van der Waals surface area contributed by atoms with E-state index in [9.17, 15) is 19.2 Å². The summed E-state index contributed by atoms with van der Waals surface area (Å²) in [6, 6.07) is 27.6. The molecule has 6 rings (SSSR count). The molecular weight excluding hydrogens is 1020 g/mol. The van der Waals surface area contributed by atoms with E-state index in [-0.39, 0.29) is 43.5 Å². The molecule has 2 fully saturated rings. The van der Waals surface area contributed by atoms with Crippen molar-refractivity contribution >= 4 is 63.0 Å². The molecule has 0 aliphatic carbocycles. The Hall–Kier alpha value is -4.66. The van der Waals surface area contributed by atoms with Gasteiger partial charge >= 0.3 is 23.9 Å². The van der Waals surface area contributed by atoms with Crippen LogP contribution in [0.4, 0.5) is 0 Å². The Morgan fingerprint density at radius 3 is 1.37 bits per heavy atom. The fourth-order valence-corrected chi connectivity index (χ4v) is 9.48. The van der Waals surface area contributed by atoms with Crippen LogP contribution in [0.25, 0.3) is 0 Å². The minimum Gasteiger partial charge on any atom is -0.494 e. The summed E-state index contributed by atoms with van der Waals surface area (Å²) in [7, 11) is 0. The van der Waals surface area contributed by atoms with Crippen LogP contribution in [0.2, 0.25) is 10.0 Å². The zero-order valence-electron chi connectivity index (χ0n) is 42.1. The minimum atomic E-state index is -0.765. The Morgan fingerprint density at radius 2 is 0.930 bits per heavy atom. The molecule has 4 aromatic rings. The molecule has 0 bridgehead atoms. The number of hydrogen-bond acceptors (Lipinski definition) is 12. The lowest BCUT2D eigenvalue weighted by atomic mass is 9.84. The Labute approximate surface area is 439 Å². The van der Waals surface area contributed by atoms with E-state index in [2.05, 4.69) is 34.1 Å². The van der Waals surface area contributed by atoms with E-state index in [1.165, 1.54) is 33.3 Å². The van der Waals surface area contributed by atoms with Crippen LogP contribution in [-0.4, -0.2) is 79.8 Å². The molecule has 390 valence electrons. The molecule has 0 amide bonds. The van der Waals surface area contributed by atoms with Crippen LogP contribution in [0.15, 0.2) is 89.4 Å². The molecule has 2 aliphatic rings. The molecule has 12 nitrogen and oxygen atoms in total. The molecule has 0 saturated carbocycles. The molecule has 2 saturated heterocycles. The van der Waals surface area contributed by atoms with E-state index in [0.717, 1.165) is 62.5 Å². The van der Waals surface area contributed by atoms with Gasteiger partial charge < -0.3 is 37.9 Å². The van der Waals surface area contributed by atoms with E-state index in [1.54, 1.807) is 0 Å². The molecule has 2 aliphatic heterocycles.